The maximum atomic E-state index is 13.7. The number of carbonyl (C=O) groups is 1. The maximum absolute atomic E-state index is 13.7. The monoisotopic (exact) mass is 432 g/mol. The Labute approximate surface area is 172 Å². The van der Waals surface area contributed by atoms with Crippen LogP contribution >= 0.6 is 0 Å². The average Bonchev–Trinajstić information content (AvgIpc) is 3.34. The predicted octanol–water partition coefficient (Wildman–Crippen LogP) is 3.85. The van der Waals surface area contributed by atoms with Crippen molar-refractivity contribution in [3.05, 3.63) is 64.0 Å². The van der Waals surface area contributed by atoms with Crippen LogP contribution in [0, 0.1) is 6.92 Å². The molecule has 0 atom stereocenters. The van der Waals surface area contributed by atoms with Crippen molar-refractivity contribution in [3.63, 3.8) is 0 Å². The number of nitrogens with one attached hydrogen (secondary N) is 1. The lowest BCUT2D eigenvalue weighted by Crippen LogP contribution is -2.20. The highest BCUT2D eigenvalue weighted by molar-refractivity contribution is 5.87. The molecule has 0 unspecified atom stereocenters. The number of oxazole rings is 1. The van der Waals surface area contributed by atoms with Crippen LogP contribution in [0.3, 0.4) is 0 Å². The summed E-state index contributed by atoms with van der Waals surface area (Å²) in [6, 6.07) is 7.82. The van der Waals surface area contributed by atoms with Crippen molar-refractivity contribution in [3.8, 4) is 22.6 Å². The van der Waals surface area contributed by atoms with E-state index in [4.69, 9.17) is 9.15 Å². The number of hydrogen-bond donors (Lipinski definition) is 1. The summed E-state index contributed by atoms with van der Waals surface area (Å²) in [5, 5.41) is 3.55. The first-order valence-electron chi connectivity index (χ1n) is 9.13. The minimum absolute atomic E-state index is 0.113. The number of alkyl halides is 3. The summed E-state index contributed by atoms with van der Waals surface area (Å²) in [6.07, 6.45) is -3.79. The van der Waals surface area contributed by atoms with Crippen LogP contribution in [0.25, 0.3) is 28.2 Å². The van der Waals surface area contributed by atoms with E-state index in [1.54, 1.807) is 25.1 Å². The van der Waals surface area contributed by atoms with E-state index in [1.165, 1.54) is 19.1 Å². The number of hydrogen-bond acceptors (Lipinski definition) is 6. The predicted molar refractivity (Wildman–Crippen MR) is 102 cm³/mol. The maximum Gasteiger partial charge on any atom is 0.435 e. The molecular formula is C20H15F3N4O4. The van der Waals surface area contributed by atoms with Gasteiger partial charge >= 0.3 is 12.1 Å². The molecule has 1 N–H and O–H groups in total. The SMILES string of the molecule is CCOC(=O)c1coc(-c2c(C)[nH]c3c(-c4ccccc4)c(C(F)(F)F)nn3c2=O)n1. The Morgan fingerprint density at radius 3 is 2.58 bits per heavy atom. The van der Waals surface area contributed by atoms with E-state index < -0.39 is 23.4 Å². The third-order valence-corrected chi connectivity index (χ3v) is 4.51. The van der Waals surface area contributed by atoms with Crippen LogP contribution in [0.4, 0.5) is 13.2 Å². The van der Waals surface area contributed by atoms with E-state index in [9.17, 15) is 22.8 Å². The van der Waals surface area contributed by atoms with E-state index in [2.05, 4.69) is 15.1 Å². The van der Waals surface area contributed by atoms with Crippen LogP contribution in [-0.2, 0) is 10.9 Å². The van der Waals surface area contributed by atoms with Crippen molar-refractivity contribution in [2.45, 2.75) is 20.0 Å². The normalized spacial score (nSPS) is 11.8. The van der Waals surface area contributed by atoms with Crippen LogP contribution in [0.1, 0.15) is 28.8 Å². The Bertz CT molecular complexity index is 1340. The van der Waals surface area contributed by atoms with E-state index in [1.807, 2.05) is 0 Å². The molecular weight excluding hydrogens is 417 g/mol. The van der Waals surface area contributed by atoms with Crippen molar-refractivity contribution in [2.75, 3.05) is 6.61 Å². The number of nitrogens with zero attached hydrogens (tertiary/aromatic N) is 3. The molecule has 0 amide bonds. The number of aryl methyl sites for hydroxylation is 1. The van der Waals surface area contributed by atoms with Gasteiger partial charge in [0.2, 0.25) is 5.89 Å². The molecule has 160 valence electrons. The van der Waals surface area contributed by atoms with E-state index in [-0.39, 0.29) is 46.2 Å². The fourth-order valence-corrected chi connectivity index (χ4v) is 3.20. The average molecular weight is 432 g/mol. The second kappa shape index (κ2) is 7.42. The number of ether oxygens (including phenoxy) is 1. The first-order valence-corrected chi connectivity index (χ1v) is 9.13. The molecule has 4 aromatic rings. The van der Waals surface area contributed by atoms with Crippen molar-refractivity contribution in [2.24, 2.45) is 0 Å². The summed E-state index contributed by atoms with van der Waals surface area (Å²) < 4.78 is 51.8. The summed E-state index contributed by atoms with van der Waals surface area (Å²) in [6.45, 7) is 3.21. The van der Waals surface area contributed by atoms with Gasteiger partial charge in [0, 0.05) is 5.69 Å². The van der Waals surface area contributed by atoms with Gasteiger partial charge in [-0.05, 0) is 19.4 Å². The second-order valence-electron chi connectivity index (χ2n) is 6.54. The summed E-state index contributed by atoms with van der Waals surface area (Å²) in [7, 11) is 0. The third kappa shape index (κ3) is 3.47. The summed E-state index contributed by atoms with van der Waals surface area (Å²) in [5.41, 5.74) is -2.34. The van der Waals surface area contributed by atoms with E-state index >= 15 is 0 Å². The Balaban J connectivity index is 1.97. The van der Waals surface area contributed by atoms with E-state index in [0.717, 1.165) is 6.26 Å². The van der Waals surface area contributed by atoms with Crippen molar-refractivity contribution in [1.29, 1.82) is 0 Å². The molecule has 3 heterocycles. The van der Waals surface area contributed by atoms with Crippen LogP contribution in [0.15, 0.2) is 45.8 Å². The highest BCUT2D eigenvalue weighted by Crippen LogP contribution is 2.38. The zero-order valence-electron chi connectivity index (χ0n) is 16.3. The zero-order valence-corrected chi connectivity index (χ0v) is 16.3. The van der Waals surface area contributed by atoms with Crippen LogP contribution in [0.5, 0.6) is 0 Å². The third-order valence-electron chi connectivity index (χ3n) is 4.51. The number of H-pyrrole nitrogens is 1. The molecule has 1 aromatic carbocycles. The molecule has 3 aromatic heterocycles. The summed E-state index contributed by atoms with van der Waals surface area (Å²) in [4.78, 5) is 31.6. The minimum Gasteiger partial charge on any atom is -0.461 e. The Kier molecular flexibility index (Phi) is 4.88. The molecule has 0 radical (unpaired) electrons. The number of esters is 1. The van der Waals surface area contributed by atoms with Gasteiger partial charge in [0.15, 0.2) is 11.4 Å². The van der Waals surface area contributed by atoms with Gasteiger partial charge in [0.05, 0.1) is 12.2 Å². The van der Waals surface area contributed by atoms with Gasteiger partial charge in [-0.2, -0.15) is 22.8 Å². The Morgan fingerprint density at radius 1 is 1.23 bits per heavy atom. The lowest BCUT2D eigenvalue weighted by atomic mass is 10.1. The van der Waals surface area contributed by atoms with E-state index in [0.29, 0.717) is 4.52 Å². The van der Waals surface area contributed by atoms with Crippen molar-refractivity contribution < 1.29 is 27.1 Å². The number of aromatic amines is 1. The molecule has 11 heteroatoms. The molecule has 0 aliphatic rings. The van der Waals surface area contributed by atoms with Gasteiger partial charge in [0.1, 0.15) is 17.5 Å². The minimum atomic E-state index is -4.80. The van der Waals surface area contributed by atoms with Gasteiger partial charge in [-0.15, -0.1) is 0 Å². The lowest BCUT2D eigenvalue weighted by Gasteiger charge is -2.07. The molecule has 0 bridgehead atoms. The number of halogens is 3. The van der Waals surface area contributed by atoms with Gasteiger partial charge in [-0.1, -0.05) is 30.3 Å². The van der Waals surface area contributed by atoms with Crippen LogP contribution in [0.2, 0.25) is 0 Å². The quantitative estimate of drug-likeness (QED) is 0.492. The van der Waals surface area contributed by atoms with Crippen LogP contribution in [-0.4, -0.2) is 32.2 Å². The summed E-state index contributed by atoms with van der Waals surface area (Å²) >= 11 is 0. The fraction of sp³-hybridized carbons (Fsp3) is 0.200. The fourth-order valence-electron chi connectivity index (χ4n) is 3.20. The van der Waals surface area contributed by atoms with Crippen LogP contribution < -0.4 is 5.56 Å². The first-order chi connectivity index (χ1) is 14.7. The number of fused-ring (bicyclic) bond motifs is 1. The Hall–Kier alpha value is -3.89. The number of benzene rings is 1. The molecule has 31 heavy (non-hydrogen) atoms. The smallest absolute Gasteiger partial charge is 0.435 e. The summed E-state index contributed by atoms with van der Waals surface area (Å²) in [5.74, 6) is -0.994. The highest BCUT2D eigenvalue weighted by Gasteiger charge is 2.39. The standard InChI is InChI=1S/C20H15F3N4O4/c1-3-30-19(29)12-9-31-17(25-12)13-10(2)24-16-14(11-7-5-4-6-8-11)15(20(21,22)23)26-27(16)18(13)28/h4-9,24H,3H2,1-2H3. The van der Waals surface area contributed by atoms with Crippen molar-refractivity contribution in [1.82, 2.24) is 19.6 Å². The number of rotatable bonds is 4. The topological polar surface area (TPSA) is 102 Å². The molecule has 0 saturated heterocycles. The number of carbonyl (C=O) groups excluding carboxylic acids is 1. The molecule has 0 saturated carbocycles. The highest BCUT2D eigenvalue weighted by atomic mass is 19.4. The van der Waals surface area contributed by atoms with Gasteiger partial charge in [0.25, 0.3) is 5.56 Å². The molecule has 4 rings (SSSR count). The van der Waals surface area contributed by atoms with Gasteiger partial charge in [-0.25, -0.2) is 9.78 Å². The zero-order chi connectivity index (χ0) is 22.3. The van der Waals surface area contributed by atoms with Gasteiger partial charge < -0.3 is 14.1 Å². The molecule has 0 aliphatic heterocycles. The molecule has 0 aliphatic carbocycles. The van der Waals surface area contributed by atoms with Gasteiger partial charge in [-0.3, -0.25) is 4.79 Å². The van der Waals surface area contributed by atoms with Crippen molar-refractivity contribution >= 4 is 11.6 Å². The largest absolute Gasteiger partial charge is 0.461 e. The first kappa shape index (κ1) is 20.4. The lowest BCUT2D eigenvalue weighted by molar-refractivity contribution is -0.140. The Morgan fingerprint density at radius 2 is 1.94 bits per heavy atom. The molecule has 0 fully saturated rings. The molecule has 8 nitrogen and oxygen atoms in total. The second-order valence-corrected chi connectivity index (χ2v) is 6.54. The molecule has 0 spiro atoms. The number of aromatic nitrogens is 4.